The number of Topliss-reactive ketones (excluding diaryl/α,β-unsaturated/α-hetero) is 1. The molecule has 0 aliphatic heterocycles. The molecule has 0 heterocycles. The molecule has 5 aliphatic rings. The van der Waals surface area contributed by atoms with Crippen LogP contribution in [0.5, 0.6) is 0 Å². The highest BCUT2D eigenvalue weighted by Crippen LogP contribution is 2.75. The van der Waals surface area contributed by atoms with E-state index in [9.17, 15) is 19.8 Å². The number of carboxylic acids is 1. The molecule has 0 radical (unpaired) electrons. The number of aliphatic carboxylic acids is 1. The first-order chi connectivity index (χ1) is 15.6. The first-order valence-corrected chi connectivity index (χ1v) is 13.7. The molecule has 34 heavy (non-hydrogen) atoms. The zero-order chi connectivity index (χ0) is 25.1. The minimum Gasteiger partial charge on any atom is -0.481 e. The van der Waals surface area contributed by atoms with E-state index in [0.29, 0.717) is 11.8 Å². The number of aliphatic hydroxyl groups excluding tert-OH is 1. The van der Waals surface area contributed by atoms with Crippen molar-refractivity contribution in [2.45, 2.75) is 112 Å². The van der Waals surface area contributed by atoms with Gasteiger partial charge in [0.05, 0.1) is 11.5 Å². The van der Waals surface area contributed by atoms with Gasteiger partial charge in [-0.05, 0) is 92.3 Å². The normalized spacial score (nSPS) is 54.1. The summed E-state index contributed by atoms with van der Waals surface area (Å²) in [6, 6.07) is 0. The summed E-state index contributed by atoms with van der Waals surface area (Å²) in [5.41, 5.74) is 0.442. The maximum absolute atomic E-state index is 12.9. The Bertz CT molecular complexity index is 965. The van der Waals surface area contributed by atoms with E-state index in [1.807, 2.05) is 6.92 Å². The van der Waals surface area contributed by atoms with Crippen LogP contribution in [0.2, 0.25) is 0 Å². The smallest absolute Gasteiger partial charge is 0.309 e. The first-order valence-electron chi connectivity index (χ1n) is 13.7. The number of allylic oxidation sites excluding steroid dienone is 2. The van der Waals surface area contributed by atoms with Crippen molar-refractivity contribution in [3.05, 3.63) is 11.6 Å². The Kier molecular flexibility index (Phi) is 5.04. The molecule has 5 rings (SSSR count). The van der Waals surface area contributed by atoms with Gasteiger partial charge in [0.1, 0.15) is 5.78 Å². The Labute approximate surface area is 206 Å². The van der Waals surface area contributed by atoms with Gasteiger partial charge >= 0.3 is 5.97 Å². The molecule has 0 spiro atoms. The second kappa shape index (κ2) is 6.99. The predicted molar refractivity (Wildman–Crippen MR) is 133 cm³/mol. The fourth-order valence-electron chi connectivity index (χ4n) is 10.3. The van der Waals surface area contributed by atoms with Crippen LogP contribution in [0.25, 0.3) is 0 Å². The van der Waals surface area contributed by atoms with Crippen LogP contribution in [-0.2, 0) is 9.59 Å². The number of ketones is 1. The third-order valence-electron chi connectivity index (χ3n) is 13.2. The second-order valence-corrected chi connectivity index (χ2v) is 14.8. The van der Waals surface area contributed by atoms with Crippen LogP contribution in [0.15, 0.2) is 11.6 Å². The van der Waals surface area contributed by atoms with E-state index in [-0.39, 0.29) is 39.8 Å². The van der Waals surface area contributed by atoms with Gasteiger partial charge in [0.25, 0.3) is 0 Å². The van der Waals surface area contributed by atoms with Crippen molar-refractivity contribution < 1.29 is 19.8 Å². The number of fused-ring (bicyclic) bond motifs is 7. The monoisotopic (exact) mass is 470 g/mol. The van der Waals surface area contributed by atoms with Crippen molar-refractivity contribution in [2.75, 3.05) is 0 Å². The standard InChI is InChI=1S/C30H46O4/c1-25(2)20-10-11-29(6)21(30(20,7)23(32)16-22(25)31)9-8-18-19-17-27(4,24(33)34)13-12-26(19,3)14-15-28(18,29)5/h8,19-21,23,32H,9-17H2,1-7H3,(H,33,34)/t19-,20?,21+,23+,26-,27-,28-,29-,30+/m1/s1. The number of rotatable bonds is 1. The van der Waals surface area contributed by atoms with Crippen LogP contribution in [0.3, 0.4) is 0 Å². The molecule has 4 heteroatoms. The molecule has 0 aromatic heterocycles. The van der Waals surface area contributed by atoms with Crippen LogP contribution in [-0.4, -0.2) is 28.1 Å². The Balaban J connectivity index is 1.60. The number of hydrogen-bond acceptors (Lipinski definition) is 3. The zero-order valence-corrected chi connectivity index (χ0v) is 22.5. The quantitative estimate of drug-likeness (QED) is 0.434. The highest BCUT2D eigenvalue weighted by atomic mass is 16.4. The van der Waals surface area contributed by atoms with Crippen LogP contribution in [0.4, 0.5) is 0 Å². The lowest BCUT2D eigenvalue weighted by Crippen LogP contribution is -2.67. The highest BCUT2D eigenvalue weighted by molar-refractivity contribution is 5.86. The molecule has 0 bridgehead atoms. The third kappa shape index (κ3) is 2.75. The van der Waals surface area contributed by atoms with E-state index >= 15 is 0 Å². The summed E-state index contributed by atoms with van der Waals surface area (Å²) in [4.78, 5) is 25.2. The van der Waals surface area contributed by atoms with Crippen LogP contribution < -0.4 is 0 Å². The Morgan fingerprint density at radius 1 is 0.941 bits per heavy atom. The maximum atomic E-state index is 12.9. The van der Waals surface area contributed by atoms with Crippen molar-refractivity contribution in [3.63, 3.8) is 0 Å². The molecule has 190 valence electrons. The maximum Gasteiger partial charge on any atom is 0.309 e. The van der Waals surface area contributed by atoms with E-state index in [1.54, 1.807) is 0 Å². The second-order valence-electron chi connectivity index (χ2n) is 14.8. The molecular formula is C30H46O4. The molecule has 4 nitrogen and oxygen atoms in total. The summed E-state index contributed by atoms with van der Waals surface area (Å²) in [5.74, 6) is 0.416. The van der Waals surface area contributed by atoms with E-state index in [0.717, 1.165) is 51.4 Å². The van der Waals surface area contributed by atoms with E-state index in [2.05, 4.69) is 47.6 Å². The summed E-state index contributed by atoms with van der Waals surface area (Å²) in [6.45, 7) is 15.8. The number of aliphatic hydroxyl groups is 1. The molecule has 2 N–H and O–H groups in total. The SMILES string of the molecule is CC1(C)C(=O)C[C@H](O)[C@@]2(C)C1CC[C@]1(C)[C@@H]2CC=C2[C@H]3C[C@](C)(C(=O)O)CC[C@]3(C)CC[C@]21C. The van der Waals surface area contributed by atoms with Gasteiger partial charge in [-0.15, -0.1) is 0 Å². The molecule has 5 aliphatic carbocycles. The van der Waals surface area contributed by atoms with E-state index in [1.165, 1.54) is 5.57 Å². The molecular weight excluding hydrogens is 424 g/mol. The van der Waals surface area contributed by atoms with Gasteiger partial charge < -0.3 is 10.2 Å². The van der Waals surface area contributed by atoms with Gasteiger partial charge in [0, 0.05) is 17.3 Å². The number of hydrogen-bond donors (Lipinski definition) is 2. The zero-order valence-electron chi connectivity index (χ0n) is 22.5. The lowest BCUT2D eigenvalue weighted by atomic mass is 9.33. The van der Waals surface area contributed by atoms with Gasteiger partial charge in [-0.3, -0.25) is 9.59 Å². The van der Waals surface area contributed by atoms with Crippen molar-refractivity contribution >= 4 is 11.8 Å². The summed E-state index contributed by atoms with van der Waals surface area (Å²) in [6.07, 6.45) is 9.97. The summed E-state index contributed by atoms with van der Waals surface area (Å²) < 4.78 is 0. The first kappa shape index (κ1) is 24.5. The van der Waals surface area contributed by atoms with Crippen molar-refractivity contribution in [1.29, 1.82) is 0 Å². The predicted octanol–water partition coefficient (Wildman–Crippen LogP) is 6.41. The third-order valence-corrected chi connectivity index (χ3v) is 13.2. The summed E-state index contributed by atoms with van der Waals surface area (Å²) in [7, 11) is 0. The molecule has 0 aromatic carbocycles. The summed E-state index contributed by atoms with van der Waals surface area (Å²) in [5, 5.41) is 21.5. The molecule has 9 atom stereocenters. The van der Waals surface area contributed by atoms with E-state index < -0.39 is 22.9 Å². The largest absolute Gasteiger partial charge is 0.481 e. The molecule has 4 fully saturated rings. The van der Waals surface area contributed by atoms with Gasteiger partial charge in [-0.2, -0.15) is 0 Å². The molecule has 0 aromatic rings. The van der Waals surface area contributed by atoms with Crippen molar-refractivity contribution in [1.82, 2.24) is 0 Å². The number of carbonyl (C=O) groups is 2. The van der Waals surface area contributed by atoms with Crippen molar-refractivity contribution in [3.8, 4) is 0 Å². The topological polar surface area (TPSA) is 74.6 Å². The van der Waals surface area contributed by atoms with Crippen LogP contribution in [0, 0.1) is 50.2 Å². The molecule has 0 amide bonds. The number of carboxylic acid groups (broad SMARTS) is 1. The van der Waals surface area contributed by atoms with Gasteiger partial charge in [-0.25, -0.2) is 0 Å². The molecule has 0 saturated heterocycles. The minimum atomic E-state index is -0.646. The fourth-order valence-corrected chi connectivity index (χ4v) is 10.3. The van der Waals surface area contributed by atoms with Crippen LogP contribution in [0.1, 0.15) is 106 Å². The average molecular weight is 471 g/mol. The number of carbonyl (C=O) groups excluding carboxylic acids is 1. The lowest BCUT2D eigenvalue weighted by molar-refractivity contribution is -0.216. The Morgan fingerprint density at radius 3 is 2.24 bits per heavy atom. The lowest BCUT2D eigenvalue weighted by Gasteiger charge is -2.71. The fraction of sp³-hybridized carbons (Fsp3) is 0.867. The molecule has 4 saturated carbocycles. The average Bonchev–Trinajstić information content (AvgIpc) is 2.74. The Hall–Kier alpha value is -1.16. The Morgan fingerprint density at radius 2 is 1.59 bits per heavy atom. The highest BCUT2D eigenvalue weighted by Gasteiger charge is 2.70. The van der Waals surface area contributed by atoms with Crippen molar-refractivity contribution in [2.24, 2.45) is 50.2 Å². The minimum absolute atomic E-state index is 0.0101. The van der Waals surface area contributed by atoms with Gasteiger partial charge in [0.2, 0.25) is 0 Å². The summed E-state index contributed by atoms with van der Waals surface area (Å²) >= 11 is 0. The van der Waals surface area contributed by atoms with Gasteiger partial charge in [0.15, 0.2) is 0 Å². The van der Waals surface area contributed by atoms with E-state index in [4.69, 9.17) is 0 Å². The molecule has 1 unspecified atom stereocenters. The van der Waals surface area contributed by atoms with Crippen LogP contribution >= 0.6 is 0 Å². The van der Waals surface area contributed by atoms with Gasteiger partial charge in [-0.1, -0.05) is 53.2 Å².